The SMILES string of the molecule is CCN1C(=O)C(C)C(CC(C)c2ccccc2)C1=O. The summed E-state index contributed by atoms with van der Waals surface area (Å²) in [5, 5.41) is 0. The van der Waals surface area contributed by atoms with Gasteiger partial charge in [0.1, 0.15) is 0 Å². The standard InChI is InChI=1S/C16H21NO2/c1-4-17-15(18)12(3)14(16(17)19)10-11(2)13-8-6-5-7-9-13/h5-9,11-12,14H,4,10H2,1-3H3. The summed E-state index contributed by atoms with van der Waals surface area (Å²) in [5.41, 5.74) is 1.23. The van der Waals surface area contributed by atoms with E-state index >= 15 is 0 Å². The third-order valence-corrected chi connectivity index (χ3v) is 4.13. The number of carbonyl (C=O) groups is 2. The molecule has 1 saturated heterocycles. The fraction of sp³-hybridized carbons (Fsp3) is 0.500. The van der Waals surface area contributed by atoms with Crippen LogP contribution in [0.1, 0.15) is 38.7 Å². The van der Waals surface area contributed by atoms with Gasteiger partial charge >= 0.3 is 0 Å². The van der Waals surface area contributed by atoms with Crippen LogP contribution in [0.4, 0.5) is 0 Å². The molecule has 2 amide bonds. The largest absolute Gasteiger partial charge is 0.282 e. The summed E-state index contributed by atoms with van der Waals surface area (Å²) in [6.07, 6.45) is 0.742. The number of nitrogens with zero attached hydrogens (tertiary/aromatic N) is 1. The second kappa shape index (κ2) is 5.55. The van der Waals surface area contributed by atoms with Gasteiger partial charge in [-0.05, 0) is 24.8 Å². The zero-order valence-corrected chi connectivity index (χ0v) is 11.8. The lowest BCUT2D eigenvalue weighted by molar-refractivity contribution is -0.139. The molecule has 0 radical (unpaired) electrons. The van der Waals surface area contributed by atoms with Gasteiger partial charge in [-0.3, -0.25) is 14.5 Å². The summed E-state index contributed by atoms with van der Waals surface area (Å²) in [5.74, 6) is -0.0657. The molecule has 0 N–H and O–H groups in total. The molecule has 2 rings (SSSR count). The highest BCUT2D eigenvalue weighted by Gasteiger charge is 2.44. The first-order chi connectivity index (χ1) is 9.06. The maximum absolute atomic E-state index is 12.2. The van der Waals surface area contributed by atoms with Crippen LogP contribution in [0.3, 0.4) is 0 Å². The quantitative estimate of drug-likeness (QED) is 0.780. The minimum Gasteiger partial charge on any atom is -0.282 e. The molecule has 0 bridgehead atoms. The van der Waals surface area contributed by atoms with Crippen LogP contribution < -0.4 is 0 Å². The molecule has 1 fully saturated rings. The van der Waals surface area contributed by atoms with Crippen molar-refractivity contribution in [2.45, 2.75) is 33.1 Å². The van der Waals surface area contributed by atoms with E-state index in [0.717, 1.165) is 6.42 Å². The van der Waals surface area contributed by atoms with Crippen LogP contribution in [0.25, 0.3) is 0 Å². The summed E-state index contributed by atoms with van der Waals surface area (Å²) in [6.45, 7) is 6.33. The van der Waals surface area contributed by atoms with Crippen LogP contribution in [0.2, 0.25) is 0 Å². The minimum atomic E-state index is -0.182. The molecule has 3 unspecified atom stereocenters. The maximum atomic E-state index is 12.2. The van der Waals surface area contributed by atoms with E-state index in [0.29, 0.717) is 12.5 Å². The number of imide groups is 1. The van der Waals surface area contributed by atoms with Crippen molar-refractivity contribution in [2.75, 3.05) is 6.54 Å². The topological polar surface area (TPSA) is 37.4 Å². The van der Waals surface area contributed by atoms with Crippen LogP contribution in [0.5, 0.6) is 0 Å². The number of hydrogen-bond donors (Lipinski definition) is 0. The average molecular weight is 259 g/mol. The first-order valence-corrected chi connectivity index (χ1v) is 6.96. The number of amides is 2. The Morgan fingerprint density at radius 3 is 2.32 bits per heavy atom. The molecule has 3 atom stereocenters. The van der Waals surface area contributed by atoms with Gasteiger partial charge in [0.25, 0.3) is 0 Å². The predicted molar refractivity (Wildman–Crippen MR) is 74.5 cm³/mol. The summed E-state index contributed by atoms with van der Waals surface area (Å²) in [4.78, 5) is 25.6. The Balaban J connectivity index is 2.11. The third-order valence-electron chi connectivity index (χ3n) is 4.13. The molecule has 1 aromatic rings. The van der Waals surface area contributed by atoms with E-state index in [1.54, 1.807) is 0 Å². The molecule has 19 heavy (non-hydrogen) atoms. The van der Waals surface area contributed by atoms with Crippen molar-refractivity contribution in [1.82, 2.24) is 4.90 Å². The molecule has 0 aliphatic carbocycles. The van der Waals surface area contributed by atoms with Gasteiger partial charge < -0.3 is 0 Å². The molecule has 1 heterocycles. The van der Waals surface area contributed by atoms with Crippen LogP contribution in [0, 0.1) is 11.8 Å². The average Bonchev–Trinajstić information content (AvgIpc) is 2.63. The van der Waals surface area contributed by atoms with Gasteiger partial charge in [0.2, 0.25) is 11.8 Å². The molecule has 1 aromatic carbocycles. The van der Waals surface area contributed by atoms with E-state index in [4.69, 9.17) is 0 Å². The summed E-state index contributed by atoms with van der Waals surface area (Å²) in [7, 11) is 0. The fourth-order valence-corrected chi connectivity index (χ4v) is 2.86. The Bertz CT molecular complexity index is 469. The molecule has 0 aromatic heterocycles. The van der Waals surface area contributed by atoms with E-state index in [9.17, 15) is 9.59 Å². The zero-order valence-electron chi connectivity index (χ0n) is 11.8. The van der Waals surface area contributed by atoms with Crippen molar-refractivity contribution in [3.63, 3.8) is 0 Å². The lowest BCUT2D eigenvalue weighted by Gasteiger charge is -2.17. The molecule has 102 valence electrons. The second-order valence-electron chi connectivity index (χ2n) is 5.36. The Kier molecular flexibility index (Phi) is 4.03. The van der Waals surface area contributed by atoms with Crippen molar-refractivity contribution < 1.29 is 9.59 Å². The van der Waals surface area contributed by atoms with Gasteiger partial charge in [-0.1, -0.05) is 44.2 Å². The second-order valence-corrected chi connectivity index (χ2v) is 5.36. The van der Waals surface area contributed by atoms with Crippen LogP contribution in [-0.2, 0) is 9.59 Å². The molecular weight excluding hydrogens is 238 g/mol. The van der Waals surface area contributed by atoms with Crippen molar-refractivity contribution in [1.29, 1.82) is 0 Å². The van der Waals surface area contributed by atoms with Crippen LogP contribution in [0.15, 0.2) is 30.3 Å². The molecule has 3 nitrogen and oxygen atoms in total. The van der Waals surface area contributed by atoms with E-state index in [2.05, 4.69) is 19.1 Å². The van der Waals surface area contributed by atoms with Gasteiger partial charge in [-0.15, -0.1) is 0 Å². The number of likely N-dealkylation sites (tertiary alicyclic amines) is 1. The molecule has 0 spiro atoms. The van der Waals surface area contributed by atoms with E-state index in [1.807, 2.05) is 32.0 Å². The summed E-state index contributed by atoms with van der Waals surface area (Å²) in [6, 6.07) is 10.2. The van der Waals surface area contributed by atoms with Gasteiger partial charge in [0.05, 0.1) is 5.92 Å². The normalized spacial score (nSPS) is 24.9. The number of rotatable bonds is 4. The highest BCUT2D eigenvalue weighted by Crippen LogP contribution is 2.34. The highest BCUT2D eigenvalue weighted by atomic mass is 16.2. The van der Waals surface area contributed by atoms with Crippen molar-refractivity contribution in [3.8, 4) is 0 Å². The van der Waals surface area contributed by atoms with Crippen molar-refractivity contribution in [2.24, 2.45) is 11.8 Å². The van der Waals surface area contributed by atoms with Crippen LogP contribution in [-0.4, -0.2) is 23.3 Å². The monoisotopic (exact) mass is 259 g/mol. The Morgan fingerprint density at radius 1 is 1.16 bits per heavy atom. The maximum Gasteiger partial charge on any atom is 0.233 e. The highest BCUT2D eigenvalue weighted by molar-refractivity contribution is 6.04. The zero-order chi connectivity index (χ0) is 14.0. The predicted octanol–water partition coefficient (Wildman–Crippen LogP) is 2.82. The van der Waals surface area contributed by atoms with Crippen molar-refractivity contribution >= 4 is 11.8 Å². The molecular formula is C16H21NO2. The summed E-state index contributed by atoms with van der Waals surface area (Å²) < 4.78 is 0. The van der Waals surface area contributed by atoms with Crippen molar-refractivity contribution in [3.05, 3.63) is 35.9 Å². The van der Waals surface area contributed by atoms with Gasteiger partial charge in [-0.25, -0.2) is 0 Å². The molecule has 1 aliphatic heterocycles. The Labute approximate surface area is 114 Å². The minimum absolute atomic E-state index is 0.00258. The molecule has 1 aliphatic rings. The van der Waals surface area contributed by atoms with E-state index in [1.165, 1.54) is 10.5 Å². The van der Waals surface area contributed by atoms with Gasteiger partial charge in [0, 0.05) is 12.5 Å². The summed E-state index contributed by atoms with van der Waals surface area (Å²) >= 11 is 0. The Hall–Kier alpha value is -1.64. The fourth-order valence-electron chi connectivity index (χ4n) is 2.86. The van der Waals surface area contributed by atoms with Gasteiger partial charge in [-0.2, -0.15) is 0 Å². The lowest BCUT2D eigenvalue weighted by Crippen LogP contribution is -2.30. The van der Waals surface area contributed by atoms with E-state index < -0.39 is 0 Å². The lowest BCUT2D eigenvalue weighted by atomic mass is 9.85. The van der Waals surface area contributed by atoms with Gasteiger partial charge in [0.15, 0.2) is 0 Å². The molecule has 3 heteroatoms. The first-order valence-electron chi connectivity index (χ1n) is 6.96. The first kappa shape index (κ1) is 13.8. The number of benzene rings is 1. The number of carbonyl (C=O) groups excluding carboxylic acids is 2. The smallest absolute Gasteiger partial charge is 0.233 e. The van der Waals surface area contributed by atoms with Crippen LogP contribution >= 0.6 is 0 Å². The Morgan fingerprint density at radius 2 is 1.79 bits per heavy atom. The van der Waals surface area contributed by atoms with E-state index in [-0.39, 0.29) is 23.7 Å². The number of hydrogen-bond acceptors (Lipinski definition) is 2. The molecule has 0 saturated carbocycles. The third kappa shape index (κ3) is 2.55.